The Morgan fingerprint density at radius 1 is 1.09 bits per heavy atom. The number of carbonyl (C=O) groups is 1. The van der Waals surface area contributed by atoms with Gasteiger partial charge in [-0.05, 0) is 55.0 Å². The molecule has 0 radical (unpaired) electrons. The van der Waals surface area contributed by atoms with Gasteiger partial charge < -0.3 is 10.1 Å². The van der Waals surface area contributed by atoms with Gasteiger partial charge in [0.1, 0.15) is 17.3 Å². The molecular formula is C21H17F3N4O4S. The first-order valence-corrected chi connectivity index (χ1v) is 11.1. The summed E-state index contributed by atoms with van der Waals surface area (Å²) in [5.74, 6) is -0.670. The Morgan fingerprint density at radius 2 is 1.76 bits per heavy atom. The monoisotopic (exact) mass is 478 g/mol. The molecule has 0 spiro atoms. The Morgan fingerprint density at radius 3 is 2.39 bits per heavy atom. The van der Waals surface area contributed by atoms with Crippen LogP contribution < -0.4 is 14.4 Å². The van der Waals surface area contributed by atoms with Crippen molar-refractivity contribution in [2.45, 2.75) is 18.0 Å². The Bertz CT molecular complexity index is 1290. The second-order valence-electron chi connectivity index (χ2n) is 7.17. The number of sulfonamides is 1. The number of benzene rings is 2. The fourth-order valence-corrected chi connectivity index (χ4v) is 4.77. The maximum atomic E-state index is 13.3. The van der Waals surface area contributed by atoms with Crippen LogP contribution in [-0.4, -0.2) is 37.4 Å². The van der Waals surface area contributed by atoms with E-state index in [0.717, 1.165) is 34.1 Å². The van der Waals surface area contributed by atoms with Crippen LogP contribution in [-0.2, 0) is 16.2 Å². The van der Waals surface area contributed by atoms with Crippen LogP contribution in [0.15, 0.2) is 59.8 Å². The summed E-state index contributed by atoms with van der Waals surface area (Å²) in [6, 6.07) is 7.89. The molecule has 0 aliphatic carbocycles. The Labute approximate surface area is 187 Å². The number of hydrogen-bond acceptors (Lipinski definition) is 6. The maximum absolute atomic E-state index is 13.3. The number of hydrogen-bond donors (Lipinski definition) is 1. The largest absolute Gasteiger partial charge is 0.490 e. The van der Waals surface area contributed by atoms with Gasteiger partial charge in [0.15, 0.2) is 0 Å². The lowest BCUT2D eigenvalue weighted by Gasteiger charge is -2.22. The second kappa shape index (κ2) is 8.35. The quantitative estimate of drug-likeness (QED) is 0.617. The third-order valence-electron chi connectivity index (χ3n) is 4.79. The molecule has 2 heterocycles. The highest BCUT2D eigenvalue weighted by molar-refractivity contribution is 7.93. The minimum atomic E-state index is -4.54. The van der Waals surface area contributed by atoms with Crippen molar-refractivity contribution in [2.24, 2.45) is 0 Å². The number of halogens is 3. The predicted octanol–water partition coefficient (Wildman–Crippen LogP) is 3.64. The molecular weight excluding hydrogens is 461 g/mol. The number of nitrogens with one attached hydrogen (secondary N) is 1. The van der Waals surface area contributed by atoms with Gasteiger partial charge in [0, 0.05) is 18.1 Å². The summed E-state index contributed by atoms with van der Waals surface area (Å²) in [5, 5.41) is 2.54. The minimum Gasteiger partial charge on any atom is -0.490 e. The molecule has 12 heteroatoms. The smallest absolute Gasteiger partial charge is 0.416 e. The molecule has 0 fully saturated rings. The van der Waals surface area contributed by atoms with Gasteiger partial charge in [-0.3, -0.25) is 9.10 Å². The molecule has 1 aliphatic rings. The normalized spacial score (nSPS) is 15.2. The fraction of sp³-hybridized carbons (Fsp3) is 0.190. The van der Waals surface area contributed by atoms with Crippen molar-refractivity contribution < 1.29 is 31.1 Å². The van der Waals surface area contributed by atoms with Gasteiger partial charge in [-0.2, -0.15) is 13.2 Å². The number of aromatic nitrogens is 2. The first-order chi connectivity index (χ1) is 15.6. The molecule has 33 heavy (non-hydrogen) atoms. The van der Waals surface area contributed by atoms with Crippen molar-refractivity contribution in [2.75, 3.05) is 22.8 Å². The van der Waals surface area contributed by atoms with E-state index in [1.165, 1.54) is 30.6 Å². The van der Waals surface area contributed by atoms with E-state index in [0.29, 0.717) is 0 Å². The van der Waals surface area contributed by atoms with E-state index in [9.17, 15) is 26.4 Å². The fourth-order valence-electron chi connectivity index (χ4n) is 3.17. The highest BCUT2D eigenvalue weighted by Crippen LogP contribution is 2.36. The van der Waals surface area contributed by atoms with Gasteiger partial charge in [-0.25, -0.2) is 18.4 Å². The standard InChI is InChI=1S/C21H17F3N4O4S/c1-13-11-25-19(26-12-13)20(29)27-15-4-7-17-18(10-15)33(30,31)28(8-9-32-17)16-5-2-14(3-6-16)21(22,23)24/h2-7,10-12H,8-9H2,1H3,(H,27,29). The lowest BCUT2D eigenvalue weighted by atomic mass is 10.2. The molecule has 1 amide bonds. The number of alkyl halides is 3. The summed E-state index contributed by atoms with van der Waals surface area (Å²) < 4.78 is 71.8. The first kappa shape index (κ1) is 22.5. The lowest BCUT2D eigenvalue weighted by molar-refractivity contribution is -0.137. The Hall–Kier alpha value is -3.67. The van der Waals surface area contributed by atoms with Crippen LogP contribution in [0.3, 0.4) is 0 Å². The molecule has 0 unspecified atom stereocenters. The zero-order valence-electron chi connectivity index (χ0n) is 17.1. The molecule has 1 N–H and O–H groups in total. The molecule has 0 atom stereocenters. The van der Waals surface area contributed by atoms with Gasteiger partial charge in [-0.1, -0.05) is 0 Å². The number of amides is 1. The van der Waals surface area contributed by atoms with Crippen molar-refractivity contribution in [1.82, 2.24) is 9.97 Å². The van der Waals surface area contributed by atoms with E-state index < -0.39 is 27.7 Å². The van der Waals surface area contributed by atoms with E-state index in [4.69, 9.17) is 4.74 Å². The van der Waals surface area contributed by atoms with Crippen molar-refractivity contribution in [3.8, 4) is 5.75 Å². The van der Waals surface area contributed by atoms with Gasteiger partial charge in [0.2, 0.25) is 5.82 Å². The SMILES string of the molecule is Cc1cnc(C(=O)Nc2ccc3c(c2)S(=O)(=O)N(c2ccc(C(F)(F)F)cc2)CCO3)nc1. The number of fused-ring (bicyclic) bond motifs is 1. The van der Waals surface area contributed by atoms with Crippen molar-refractivity contribution in [3.05, 3.63) is 71.8 Å². The molecule has 2 aromatic carbocycles. The first-order valence-electron chi connectivity index (χ1n) is 9.62. The molecule has 1 aliphatic heterocycles. The predicted molar refractivity (Wildman–Crippen MR) is 113 cm³/mol. The zero-order valence-corrected chi connectivity index (χ0v) is 17.9. The summed E-state index contributed by atoms with van der Waals surface area (Å²) >= 11 is 0. The van der Waals surface area contributed by atoms with Crippen LogP contribution in [0, 0.1) is 6.92 Å². The third-order valence-corrected chi connectivity index (χ3v) is 6.64. The highest BCUT2D eigenvalue weighted by atomic mass is 32.2. The van der Waals surface area contributed by atoms with Crippen LogP contribution in [0.5, 0.6) is 5.75 Å². The number of rotatable bonds is 3. The highest BCUT2D eigenvalue weighted by Gasteiger charge is 2.33. The van der Waals surface area contributed by atoms with Gasteiger partial charge in [0.25, 0.3) is 15.9 Å². The Balaban J connectivity index is 1.65. The topological polar surface area (TPSA) is 101 Å². The maximum Gasteiger partial charge on any atom is 0.416 e. The molecule has 1 aromatic heterocycles. The number of aryl methyl sites for hydroxylation is 1. The van der Waals surface area contributed by atoms with E-state index in [2.05, 4.69) is 15.3 Å². The van der Waals surface area contributed by atoms with Crippen LogP contribution in [0.25, 0.3) is 0 Å². The van der Waals surface area contributed by atoms with Gasteiger partial charge in [0.05, 0.1) is 17.8 Å². The van der Waals surface area contributed by atoms with Gasteiger partial charge >= 0.3 is 6.18 Å². The third kappa shape index (κ3) is 4.60. The van der Waals surface area contributed by atoms with E-state index in [1.54, 1.807) is 6.92 Å². The Kier molecular flexibility index (Phi) is 5.70. The van der Waals surface area contributed by atoms with E-state index in [-0.39, 0.29) is 41.0 Å². The minimum absolute atomic E-state index is 0.0177. The van der Waals surface area contributed by atoms with Crippen molar-refractivity contribution in [1.29, 1.82) is 0 Å². The number of ether oxygens (including phenoxy) is 1. The average Bonchev–Trinajstić information content (AvgIpc) is 2.89. The van der Waals surface area contributed by atoms with Gasteiger partial charge in [-0.15, -0.1) is 0 Å². The average molecular weight is 478 g/mol. The van der Waals surface area contributed by atoms with E-state index in [1.807, 2.05) is 0 Å². The number of anilines is 2. The summed E-state index contributed by atoms with van der Waals surface area (Å²) in [4.78, 5) is 20.0. The number of nitrogens with zero attached hydrogens (tertiary/aromatic N) is 3. The summed E-state index contributed by atoms with van der Waals surface area (Å²) in [7, 11) is -4.20. The summed E-state index contributed by atoms with van der Waals surface area (Å²) in [6.07, 6.45) is -1.60. The molecule has 172 valence electrons. The van der Waals surface area contributed by atoms with Crippen LogP contribution in [0.2, 0.25) is 0 Å². The van der Waals surface area contributed by atoms with E-state index >= 15 is 0 Å². The lowest BCUT2D eigenvalue weighted by Crippen LogP contribution is -2.32. The molecule has 0 bridgehead atoms. The van der Waals surface area contributed by atoms with Crippen LogP contribution >= 0.6 is 0 Å². The summed E-state index contributed by atoms with van der Waals surface area (Å²) in [6.45, 7) is 1.64. The summed E-state index contributed by atoms with van der Waals surface area (Å²) in [5.41, 5.74) is 0.0907. The van der Waals surface area contributed by atoms with Crippen molar-refractivity contribution in [3.63, 3.8) is 0 Å². The zero-order chi connectivity index (χ0) is 23.8. The second-order valence-corrected chi connectivity index (χ2v) is 9.00. The van der Waals surface area contributed by atoms with Crippen LogP contribution in [0.4, 0.5) is 24.5 Å². The van der Waals surface area contributed by atoms with Crippen molar-refractivity contribution >= 4 is 27.3 Å². The van der Waals surface area contributed by atoms with Crippen LogP contribution in [0.1, 0.15) is 21.7 Å². The molecule has 0 saturated carbocycles. The molecule has 3 aromatic rings. The molecule has 0 saturated heterocycles. The molecule has 8 nitrogen and oxygen atoms in total. The number of carbonyl (C=O) groups excluding carboxylic acids is 1. The molecule has 4 rings (SSSR count).